The highest BCUT2D eigenvalue weighted by Gasteiger charge is 2.20. The second-order valence-corrected chi connectivity index (χ2v) is 32.8. The number of fused-ring (bicyclic) bond motifs is 6. The van der Waals surface area contributed by atoms with Crippen molar-refractivity contribution >= 4 is 171 Å². The Hall–Kier alpha value is -13.6. The van der Waals surface area contributed by atoms with Gasteiger partial charge < -0.3 is 53.6 Å². The van der Waals surface area contributed by atoms with Crippen molar-refractivity contribution in [3.63, 3.8) is 0 Å². The third-order valence-corrected chi connectivity index (χ3v) is 25.4. The van der Waals surface area contributed by atoms with Gasteiger partial charge in [0.05, 0.1) is 135 Å². The number of benzene rings is 12. The Bertz CT molecular complexity index is 6660. The molecular formula is C96H82N8O13S6. The molecule has 2 amide bonds. The number of aromatic carboxylic acids is 1. The summed E-state index contributed by atoms with van der Waals surface area (Å²) < 4.78 is 47.7. The van der Waals surface area contributed by atoms with Crippen LogP contribution in [0, 0.1) is 0 Å². The minimum Gasteiger partial charge on any atom is -0.497 e. The molecule has 3 N–H and O–H groups in total. The number of nitrogens with one attached hydrogen (secondary N) is 2. The van der Waals surface area contributed by atoms with Crippen LogP contribution in [0.3, 0.4) is 0 Å². The maximum absolute atomic E-state index is 11.8. The molecule has 620 valence electrons. The molecule has 12 aromatic carbocycles. The van der Waals surface area contributed by atoms with Crippen molar-refractivity contribution in [1.29, 1.82) is 0 Å². The summed E-state index contributed by atoms with van der Waals surface area (Å²) in [5.41, 5.74) is 16.1. The van der Waals surface area contributed by atoms with E-state index in [9.17, 15) is 24.3 Å². The SMILES string of the molecule is C=Cc1cccc2nc(-c3ccc(OC)cc3)sc12.COC(=O)c1cccc2nc(-c3ccc(OC)cc3)sc12.COCCc1cc(-c2nc3ccccc3s2)ccc1OC.COc1ccc(-c2nc3cccc(NC(C)=O)c3s2)cc1.COc1ccc(-c2nc3ccccc3s2)cc1C(=O)O.COc1ccc(-c2nc3ccccc3s2)cc1NC(C)=O. The summed E-state index contributed by atoms with van der Waals surface area (Å²) in [5.74, 6) is 2.80. The van der Waals surface area contributed by atoms with Crippen molar-refractivity contribution in [2.75, 3.05) is 74.1 Å². The first kappa shape index (κ1) is 87.2. The summed E-state index contributed by atoms with van der Waals surface area (Å²) in [6, 6.07) is 81.8. The first-order valence-electron chi connectivity index (χ1n) is 38.1. The van der Waals surface area contributed by atoms with Crippen LogP contribution in [0.2, 0.25) is 0 Å². The van der Waals surface area contributed by atoms with Crippen molar-refractivity contribution < 1.29 is 62.2 Å². The lowest BCUT2D eigenvalue weighted by Crippen LogP contribution is -2.07. The van der Waals surface area contributed by atoms with Crippen LogP contribution in [0.4, 0.5) is 11.4 Å². The van der Waals surface area contributed by atoms with E-state index in [0.717, 1.165) is 162 Å². The lowest BCUT2D eigenvalue weighted by Gasteiger charge is -2.09. The zero-order valence-corrected chi connectivity index (χ0v) is 73.3. The largest absolute Gasteiger partial charge is 0.497 e. The van der Waals surface area contributed by atoms with Crippen LogP contribution >= 0.6 is 68.0 Å². The molecule has 0 saturated heterocycles. The second-order valence-electron chi connectivity index (χ2n) is 26.7. The Labute approximate surface area is 733 Å². The fraction of sp³-hybridized carbons (Fsp3) is 0.125. The number of carboxylic acids is 1. The molecule has 6 heterocycles. The van der Waals surface area contributed by atoms with Crippen LogP contribution in [0.15, 0.2) is 261 Å². The highest BCUT2D eigenvalue weighted by molar-refractivity contribution is 7.23. The fourth-order valence-corrected chi connectivity index (χ4v) is 18.7. The topological polar surface area (TPSA) is 264 Å². The van der Waals surface area contributed by atoms with Gasteiger partial charge in [-0.25, -0.2) is 39.5 Å². The number of rotatable bonds is 20. The van der Waals surface area contributed by atoms with E-state index in [2.05, 4.69) is 72.5 Å². The van der Waals surface area contributed by atoms with Crippen LogP contribution in [-0.2, 0) is 25.5 Å². The van der Waals surface area contributed by atoms with E-state index in [1.807, 2.05) is 212 Å². The van der Waals surface area contributed by atoms with Crippen LogP contribution in [0.25, 0.3) is 131 Å². The smallest absolute Gasteiger partial charge is 0.339 e. The molecular weight excluding hydrogens is 1670 g/mol. The molecule has 0 spiro atoms. The number of hydrogen-bond acceptors (Lipinski definition) is 24. The zero-order valence-electron chi connectivity index (χ0n) is 68.4. The van der Waals surface area contributed by atoms with E-state index in [0.29, 0.717) is 29.4 Å². The van der Waals surface area contributed by atoms with Crippen molar-refractivity contribution in [2.45, 2.75) is 20.3 Å². The Morgan fingerprint density at radius 2 is 0.732 bits per heavy atom. The maximum atomic E-state index is 11.8. The molecule has 18 rings (SSSR count). The van der Waals surface area contributed by atoms with E-state index < -0.39 is 5.97 Å². The fourth-order valence-electron chi connectivity index (χ4n) is 12.6. The highest BCUT2D eigenvalue weighted by atomic mass is 32.1. The Morgan fingerprint density at radius 1 is 0.358 bits per heavy atom. The number of carbonyl (C=O) groups is 4. The summed E-state index contributed by atoms with van der Waals surface area (Å²) >= 11 is 9.62. The van der Waals surface area contributed by atoms with Crippen LogP contribution < -0.4 is 39.1 Å². The standard InChI is InChI=1S/C17H17NO2S.2C16H14N2O2S.C16H13NO3S.C16H13NOS.C15H11NO3S/c1-19-10-9-12-11-13(7-8-15(12)20-2)17-18-14-5-3-4-6-16(14)21-17;1-10(19)17-13-4-3-5-14-15(13)21-16(18-14)11-6-8-12(20-2)9-7-11;1-10(19)17-13-9-11(7-8-14(13)20-2)16-18-12-5-3-4-6-15(12)21-16;1-19-11-8-6-10(7-9-11)15-17-13-5-3-4-12(14(13)21-15)16(18)20-2;1-3-11-5-4-6-14-15(11)19-16(17-14)12-7-9-13(18-2)10-8-12;1-19-12-7-6-9(8-10(12)15(17)18)14-16-11-4-2-3-5-13(11)20-14/h3-8,11H,9-10H2,1-2H3;2*3-9H,1-2H3,(H,17,19);3-9H,1-2H3;3-10H,1H2,2H3;2-8H,1H3,(H,17,18). The average molecular weight is 1750 g/mol. The third kappa shape index (κ3) is 21.6. The normalized spacial score (nSPS) is 10.7. The third-order valence-electron chi connectivity index (χ3n) is 18.6. The number of aromatic nitrogens is 6. The maximum Gasteiger partial charge on any atom is 0.339 e. The van der Waals surface area contributed by atoms with Gasteiger partial charge in [-0.05, 0) is 212 Å². The monoisotopic (exact) mass is 1750 g/mol. The number of amides is 2. The van der Waals surface area contributed by atoms with Gasteiger partial charge in [0.15, 0.2) is 0 Å². The summed E-state index contributed by atoms with van der Waals surface area (Å²) in [5, 5.41) is 20.4. The molecule has 0 aliphatic heterocycles. The number of nitrogens with zero attached hydrogens (tertiary/aromatic N) is 6. The number of anilines is 2. The van der Waals surface area contributed by atoms with E-state index in [4.69, 9.17) is 42.9 Å². The molecule has 0 unspecified atom stereocenters. The van der Waals surface area contributed by atoms with E-state index in [-0.39, 0.29) is 23.3 Å². The van der Waals surface area contributed by atoms with Crippen molar-refractivity contribution in [3.05, 3.63) is 284 Å². The van der Waals surface area contributed by atoms with Gasteiger partial charge in [0.25, 0.3) is 0 Å². The molecule has 18 aromatic rings. The zero-order chi connectivity index (χ0) is 86.5. The summed E-state index contributed by atoms with van der Waals surface area (Å²) in [6.07, 6.45) is 2.71. The van der Waals surface area contributed by atoms with Gasteiger partial charge in [0.2, 0.25) is 11.8 Å². The lowest BCUT2D eigenvalue weighted by atomic mass is 10.1. The number of thiazole rings is 6. The molecule has 0 radical (unpaired) electrons. The number of carboxylic acid groups (broad SMARTS) is 1. The number of hydrogen-bond donors (Lipinski definition) is 3. The van der Waals surface area contributed by atoms with Crippen molar-refractivity contribution in [3.8, 4) is 97.9 Å². The van der Waals surface area contributed by atoms with Crippen molar-refractivity contribution in [2.24, 2.45) is 0 Å². The number of para-hydroxylation sites is 3. The molecule has 123 heavy (non-hydrogen) atoms. The number of esters is 1. The predicted molar refractivity (Wildman–Crippen MR) is 502 cm³/mol. The number of ether oxygens (including phenoxy) is 8. The van der Waals surface area contributed by atoms with Gasteiger partial charge in [0.1, 0.15) is 70.1 Å². The van der Waals surface area contributed by atoms with Crippen LogP contribution in [0.1, 0.15) is 45.7 Å². The first-order chi connectivity index (χ1) is 59.9. The predicted octanol–water partition coefficient (Wildman–Crippen LogP) is 24.1. The number of methoxy groups -OCH3 is 8. The van der Waals surface area contributed by atoms with E-state index in [1.165, 1.54) is 60.1 Å². The molecule has 0 saturated carbocycles. The molecule has 21 nitrogen and oxygen atoms in total. The van der Waals surface area contributed by atoms with Gasteiger partial charge in [-0.1, -0.05) is 73.3 Å². The Kier molecular flexibility index (Phi) is 29.5. The number of carbonyl (C=O) groups excluding carboxylic acids is 3. The Morgan fingerprint density at radius 3 is 1.17 bits per heavy atom. The summed E-state index contributed by atoms with van der Waals surface area (Å²) in [6.45, 7) is 7.51. The van der Waals surface area contributed by atoms with Gasteiger partial charge >= 0.3 is 11.9 Å². The highest BCUT2D eigenvalue weighted by Crippen LogP contribution is 2.41. The molecule has 0 aliphatic carbocycles. The van der Waals surface area contributed by atoms with Crippen LogP contribution in [0.5, 0.6) is 34.5 Å². The second kappa shape index (κ2) is 41.6. The van der Waals surface area contributed by atoms with E-state index >= 15 is 0 Å². The minimum atomic E-state index is -1.01. The quantitative estimate of drug-likeness (QED) is 0.0599. The molecule has 6 aromatic heterocycles. The van der Waals surface area contributed by atoms with E-state index in [1.54, 1.807) is 106 Å². The minimum absolute atomic E-state index is 0.0816. The van der Waals surface area contributed by atoms with Gasteiger partial charge in [0, 0.05) is 54.3 Å². The Balaban J connectivity index is 0.000000127. The molecule has 0 bridgehead atoms. The molecule has 0 atom stereocenters. The van der Waals surface area contributed by atoms with Crippen LogP contribution in [-0.4, -0.2) is 122 Å². The average Bonchev–Trinajstić information content (AvgIpc) is 1.65. The van der Waals surface area contributed by atoms with Gasteiger partial charge in [-0.2, -0.15) is 0 Å². The summed E-state index contributed by atoms with van der Waals surface area (Å²) in [7, 11) is 12.8. The van der Waals surface area contributed by atoms with Crippen molar-refractivity contribution in [1.82, 2.24) is 29.9 Å². The molecule has 0 aliphatic rings. The van der Waals surface area contributed by atoms with Gasteiger partial charge in [-0.3, -0.25) is 9.59 Å². The summed E-state index contributed by atoms with van der Waals surface area (Å²) in [4.78, 5) is 73.3. The first-order valence-corrected chi connectivity index (χ1v) is 43.0. The lowest BCUT2D eigenvalue weighted by molar-refractivity contribution is -0.115. The van der Waals surface area contributed by atoms with Gasteiger partial charge in [-0.15, -0.1) is 68.0 Å². The molecule has 27 heteroatoms. The molecule has 0 fully saturated rings.